The minimum absolute atomic E-state index is 0. The van der Waals surface area contributed by atoms with Gasteiger partial charge in [-0.2, -0.15) is 13.5 Å². The van der Waals surface area contributed by atoms with Crippen LogP contribution in [0.5, 0.6) is 0 Å². The third-order valence-electron chi connectivity index (χ3n) is 6.56. The van der Waals surface area contributed by atoms with E-state index in [1.54, 1.807) is 45.7 Å². The fourth-order valence-electron chi connectivity index (χ4n) is 4.23. The molecule has 10 heteroatoms. The van der Waals surface area contributed by atoms with Crippen LogP contribution in [0.4, 0.5) is 11.6 Å². The summed E-state index contributed by atoms with van der Waals surface area (Å²) in [6.07, 6.45) is 5.67. The second-order valence-electron chi connectivity index (χ2n) is 10.1. The SMILES string of the molecule is CNC(=O)c1ccnc2c([C@H](C)CNc3cc(-c4ccc(N(C)CCC(C)(C)O)nc4)ncn3)cccc12.S. The molecule has 0 aliphatic heterocycles. The van der Waals surface area contributed by atoms with Crippen molar-refractivity contribution in [2.75, 3.05) is 37.4 Å². The Morgan fingerprint density at radius 1 is 1.10 bits per heavy atom. The van der Waals surface area contributed by atoms with Crippen molar-refractivity contribution in [2.24, 2.45) is 0 Å². The van der Waals surface area contributed by atoms with Crippen molar-refractivity contribution < 1.29 is 9.90 Å². The van der Waals surface area contributed by atoms with Gasteiger partial charge in [0.1, 0.15) is 18.0 Å². The van der Waals surface area contributed by atoms with Gasteiger partial charge in [0.15, 0.2) is 0 Å². The summed E-state index contributed by atoms with van der Waals surface area (Å²) < 4.78 is 0. The first-order chi connectivity index (χ1) is 18.2. The van der Waals surface area contributed by atoms with Crippen molar-refractivity contribution >= 4 is 41.9 Å². The molecule has 0 aliphatic rings. The van der Waals surface area contributed by atoms with Crippen molar-refractivity contribution in [2.45, 2.75) is 38.7 Å². The largest absolute Gasteiger partial charge is 0.390 e. The molecule has 0 saturated carbocycles. The summed E-state index contributed by atoms with van der Waals surface area (Å²) in [4.78, 5) is 32.3. The molecular formula is C29H37N7O2S. The number of fused-ring (bicyclic) bond motifs is 1. The third-order valence-corrected chi connectivity index (χ3v) is 6.56. The van der Waals surface area contributed by atoms with E-state index >= 15 is 0 Å². The van der Waals surface area contributed by atoms with Crippen LogP contribution in [0.1, 0.15) is 49.0 Å². The van der Waals surface area contributed by atoms with Crippen LogP contribution in [0.15, 0.2) is 61.2 Å². The van der Waals surface area contributed by atoms with Gasteiger partial charge in [0.2, 0.25) is 0 Å². The molecular weight excluding hydrogens is 510 g/mol. The topological polar surface area (TPSA) is 116 Å². The number of aromatic nitrogens is 4. The molecule has 4 rings (SSSR count). The predicted molar refractivity (Wildman–Crippen MR) is 162 cm³/mol. The highest BCUT2D eigenvalue weighted by molar-refractivity contribution is 7.59. The lowest BCUT2D eigenvalue weighted by atomic mass is 9.96. The number of pyridine rings is 2. The van der Waals surface area contributed by atoms with Crippen LogP contribution in [-0.4, -0.2) is 63.7 Å². The number of nitrogens with zero attached hydrogens (tertiary/aromatic N) is 5. The van der Waals surface area contributed by atoms with E-state index in [-0.39, 0.29) is 25.3 Å². The molecule has 0 spiro atoms. The number of carbonyl (C=O) groups is 1. The maximum atomic E-state index is 12.3. The zero-order chi connectivity index (χ0) is 27.3. The number of carbonyl (C=O) groups excluding carboxylic acids is 1. The molecule has 1 atom stereocenters. The first-order valence-electron chi connectivity index (χ1n) is 12.7. The van der Waals surface area contributed by atoms with Crippen molar-refractivity contribution in [1.82, 2.24) is 25.3 Å². The van der Waals surface area contributed by atoms with Gasteiger partial charge in [-0.15, -0.1) is 0 Å². The molecule has 9 nitrogen and oxygen atoms in total. The summed E-state index contributed by atoms with van der Waals surface area (Å²) in [6.45, 7) is 7.07. The van der Waals surface area contributed by atoms with Crippen molar-refractivity contribution in [3.63, 3.8) is 0 Å². The minimum atomic E-state index is -0.714. The highest BCUT2D eigenvalue weighted by Gasteiger charge is 2.16. The highest BCUT2D eigenvalue weighted by Crippen LogP contribution is 2.27. The van der Waals surface area contributed by atoms with E-state index in [9.17, 15) is 9.90 Å². The van der Waals surface area contributed by atoms with Gasteiger partial charge in [0.05, 0.1) is 22.4 Å². The Hall–Kier alpha value is -3.76. The Morgan fingerprint density at radius 2 is 1.90 bits per heavy atom. The van der Waals surface area contributed by atoms with Gasteiger partial charge < -0.3 is 20.6 Å². The monoisotopic (exact) mass is 547 g/mol. The summed E-state index contributed by atoms with van der Waals surface area (Å²) in [5.41, 5.74) is 3.45. The van der Waals surface area contributed by atoms with Gasteiger partial charge in [-0.25, -0.2) is 15.0 Å². The summed E-state index contributed by atoms with van der Waals surface area (Å²) in [7, 11) is 3.59. The summed E-state index contributed by atoms with van der Waals surface area (Å²) >= 11 is 0. The van der Waals surface area contributed by atoms with E-state index in [4.69, 9.17) is 0 Å². The highest BCUT2D eigenvalue weighted by atomic mass is 32.1. The third kappa shape index (κ3) is 7.42. The van der Waals surface area contributed by atoms with Gasteiger partial charge in [-0.05, 0) is 44.0 Å². The summed E-state index contributed by atoms with van der Waals surface area (Å²) in [6, 6.07) is 13.5. The maximum Gasteiger partial charge on any atom is 0.251 e. The molecule has 0 saturated heterocycles. The van der Waals surface area contributed by atoms with E-state index in [0.29, 0.717) is 30.9 Å². The lowest BCUT2D eigenvalue weighted by Crippen LogP contribution is -2.28. The Kier molecular flexibility index (Phi) is 9.82. The predicted octanol–water partition coefficient (Wildman–Crippen LogP) is 4.37. The van der Waals surface area contributed by atoms with Crippen LogP contribution < -0.4 is 15.5 Å². The lowest BCUT2D eigenvalue weighted by Gasteiger charge is -2.23. The number of nitrogens with one attached hydrogen (secondary N) is 2. The molecule has 3 heterocycles. The van der Waals surface area contributed by atoms with E-state index in [1.165, 1.54) is 0 Å². The number of anilines is 2. The number of hydrogen-bond donors (Lipinski definition) is 3. The Balaban J connectivity index is 0.00000420. The Bertz CT molecular complexity index is 1410. The summed E-state index contributed by atoms with van der Waals surface area (Å²) in [5.74, 6) is 1.54. The van der Waals surface area contributed by atoms with Crippen LogP contribution in [0.3, 0.4) is 0 Å². The first-order valence-corrected chi connectivity index (χ1v) is 12.7. The average molecular weight is 548 g/mol. The standard InChI is InChI=1S/C29H35N7O2.H2S/c1-19(21-7-6-8-22-23(28(37)30-4)11-13-31-27(21)22)16-32-25-15-24(34-18-35-25)20-9-10-26(33-17-20)36(5)14-12-29(2,3)38;/h6-11,13,15,17-19,38H,12,14,16H2,1-5H3,(H,30,37)(H,32,34,35);1H2/t19-;/m1./s1. The average Bonchev–Trinajstić information content (AvgIpc) is 2.93. The number of aliphatic hydroxyl groups is 1. The van der Waals surface area contributed by atoms with Crippen molar-refractivity contribution in [1.29, 1.82) is 0 Å². The molecule has 206 valence electrons. The first kappa shape index (κ1) is 29.8. The van der Waals surface area contributed by atoms with Crippen LogP contribution in [0, 0.1) is 0 Å². The number of rotatable bonds is 10. The normalized spacial score (nSPS) is 11.9. The van der Waals surface area contributed by atoms with E-state index < -0.39 is 5.60 Å². The van der Waals surface area contributed by atoms with Crippen LogP contribution in [-0.2, 0) is 0 Å². The van der Waals surface area contributed by atoms with Gasteiger partial charge in [0, 0.05) is 62.5 Å². The molecule has 0 aliphatic carbocycles. The molecule has 0 unspecified atom stereocenters. The zero-order valence-electron chi connectivity index (χ0n) is 23.1. The fraction of sp³-hybridized carbons (Fsp3) is 0.345. The molecule has 0 fully saturated rings. The van der Waals surface area contributed by atoms with Gasteiger partial charge in [0.25, 0.3) is 5.91 Å². The fourth-order valence-corrected chi connectivity index (χ4v) is 4.23. The molecule has 0 radical (unpaired) electrons. The van der Waals surface area contributed by atoms with Crippen molar-refractivity contribution in [3.8, 4) is 11.3 Å². The molecule has 3 aromatic heterocycles. The van der Waals surface area contributed by atoms with Crippen LogP contribution in [0.25, 0.3) is 22.2 Å². The van der Waals surface area contributed by atoms with Crippen molar-refractivity contribution in [3.05, 3.63) is 72.3 Å². The number of para-hydroxylation sites is 1. The second kappa shape index (κ2) is 12.9. The molecule has 1 aromatic carbocycles. The molecule has 4 aromatic rings. The quantitative estimate of drug-likeness (QED) is 0.268. The van der Waals surface area contributed by atoms with E-state index in [2.05, 4.69) is 37.5 Å². The second-order valence-corrected chi connectivity index (χ2v) is 10.1. The number of benzene rings is 1. The summed E-state index contributed by atoms with van der Waals surface area (Å²) in [5, 5.41) is 16.9. The minimum Gasteiger partial charge on any atom is -0.390 e. The molecule has 39 heavy (non-hydrogen) atoms. The van der Waals surface area contributed by atoms with Gasteiger partial charge in [-0.3, -0.25) is 9.78 Å². The number of amides is 1. The Morgan fingerprint density at radius 3 is 2.59 bits per heavy atom. The molecule has 1 amide bonds. The van der Waals surface area contributed by atoms with Gasteiger partial charge >= 0.3 is 0 Å². The van der Waals surface area contributed by atoms with Crippen LogP contribution in [0.2, 0.25) is 0 Å². The zero-order valence-corrected chi connectivity index (χ0v) is 24.1. The lowest BCUT2D eigenvalue weighted by molar-refractivity contribution is 0.0733. The van der Waals surface area contributed by atoms with E-state index in [0.717, 1.165) is 33.5 Å². The number of hydrogen-bond acceptors (Lipinski definition) is 8. The van der Waals surface area contributed by atoms with Crippen LogP contribution >= 0.6 is 13.5 Å². The maximum absolute atomic E-state index is 12.3. The smallest absolute Gasteiger partial charge is 0.251 e. The molecule has 0 bridgehead atoms. The van der Waals surface area contributed by atoms with E-state index in [1.807, 2.05) is 48.3 Å². The Labute approximate surface area is 236 Å². The molecule has 3 N–H and O–H groups in total. The van der Waals surface area contributed by atoms with Gasteiger partial charge in [-0.1, -0.05) is 25.1 Å².